The SMILES string of the molecule is CN(C)C(c1ccncc1)C1(C#N)CC1. The van der Waals surface area contributed by atoms with Crippen molar-refractivity contribution in [2.45, 2.75) is 18.9 Å². The fraction of sp³-hybridized carbons (Fsp3) is 0.500. The quantitative estimate of drug-likeness (QED) is 0.750. The van der Waals surface area contributed by atoms with E-state index in [1.807, 2.05) is 26.2 Å². The highest BCUT2D eigenvalue weighted by molar-refractivity contribution is 5.27. The Morgan fingerprint density at radius 3 is 2.40 bits per heavy atom. The van der Waals surface area contributed by atoms with E-state index in [1.54, 1.807) is 12.4 Å². The molecule has 1 aromatic rings. The maximum atomic E-state index is 9.24. The van der Waals surface area contributed by atoms with Gasteiger partial charge in [-0.1, -0.05) is 0 Å². The molecule has 0 spiro atoms. The zero-order valence-corrected chi connectivity index (χ0v) is 9.14. The fourth-order valence-electron chi connectivity index (χ4n) is 2.24. The van der Waals surface area contributed by atoms with Gasteiger partial charge in [0.1, 0.15) is 0 Å². The van der Waals surface area contributed by atoms with Crippen molar-refractivity contribution in [2.75, 3.05) is 14.1 Å². The number of aromatic nitrogens is 1. The van der Waals surface area contributed by atoms with Crippen LogP contribution in [0, 0.1) is 16.7 Å². The lowest BCUT2D eigenvalue weighted by molar-refractivity contribution is 0.232. The van der Waals surface area contributed by atoms with Crippen molar-refractivity contribution in [3.63, 3.8) is 0 Å². The predicted octanol–water partition coefficient (Wildman–Crippen LogP) is 1.99. The van der Waals surface area contributed by atoms with Crippen LogP contribution in [0.4, 0.5) is 0 Å². The molecule has 1 fully saturated rings. The summed E-state index contributed by atoms with van der Waals surface area (Å²) in [6.07, 6.45) is 5.60. The zero-order valence-electron chi connectivity index (χ0n) is 9.14. The van der Waals surface area contributed by atoms with Gasteiger partial charge in [0.2, 0.25) is 0 Å². The number of pyridine rings is 1. The van der Waals surface area contributed by atoms with Crippen molar-refractivity contribution in [3.8, 4) is 6.07 Å². The van der Waals surface area contributed by atoms with Gasteiger partial charge < -0.3 is 4.90 Å². The first-order valence-corrected chi connectivity index (χ1v) is 5.17. The third-order valence-corrected chi connectivity index (χ3v) is 3.07. The average Bonchev–Trinajstić information content (AvgIpc) is 3.00. The highest BCUT2D eigenvalue weighted by Crippen LogP contribution is 2.56. The second-order valence-corrected chi connectivity index (χ2v) is 4.41. The lowest BCUT2D eigenvalue weighted by Gasteiger charge is -2.28. The van der Waals surface area contributed by atoms with Crippen LogP contribution in [0.15, 0.2) is 24.5 Å². The molecule has 0 radical (unpaired) electrons. The van der Waals surface area contributed by atoms with Crippen LogP contribution in [-0.4, -0.2) is 24.0 Å². The molecule has 1 aliphatic carbocycles. The van der Waals surface area contributed by atoms with Gasteiger partial charge in [0, 0.05) is 12.4 Å². The monoisotopic (exact) mass is 201 g/mol. The van der Waals surface area contributed by atoms with Crippen molar-refractivity contribution < 1.29 is 0 Å². The topological polar surface area (TPSA) is 39.9 Å². The highest BCUT2D eigenvalue weighted by Gasteiger charge is 2.51. The molecule has 1 aromatic heterocycles. The lowest BCUT2D eigenvalue weighted by Crippen LogP contribution is -2.27. The number of rotatable bonds is 3. The fourth-order valence-corrected chi connectivity index (χ4v) is 2.24. The number of nitrogens with zero attached hydrogens (tertiary/aromatic N) is 3. The zero-order chi connectivity index (χ0) is 10.9. The maximum absolute atomic E-state index is 9.24. The summed E-state index contributed by atoms with van der Waals surface area (Å²) in [5.41, 5.74) is 1.03. The van der Waals surface area contributed by atoms with Gasteiger partial charge in [-0.3, -0.25) is 4.98 Å². The Morgan fingerprint density at radius 2 is 2.00 bits per heavy atom. The molecule has 3 heteroatoms. The minimum atomic E-state index is -0.162. The van der Waals surface area contributed by atoms with Crippen molar-refractivity contribution in [1.29, 1.82) is 5.26 Å². The Balaban J connectivity index is 2.34. The van der Waals surface area contributed by atoms with Crippen molar-refractivity contribution >= 4 is 0 Å². The Kier molecular flexibility index (Phi) is 2.45. The van der Waals surface area contributed by atoms with E-state index in [1.165, 1.54) is 5.56 Å². The molecule has 0 amide bonds. The molecule has 0 saturated heterocycles. The van der Waals surface area contributed by atoms with E-state index in [9.17, 15) is 5.26 Å². The summed E-state index contributed by atoms with van der Waals surface area (Å²) in [5.74, 6) is 0. The summed E-state index contributed by atoms with van der Waals surface area (Å²) >= 11 is 0. The number of hydrogen-bond donors (Lipinski definition) is 0. The Morgan fingerprint density at radius 1 is 1.40 bits per heavy atom. The third-order valence-electron chi connectivity index (χ3n) is 3.07. The van der Waals surface area contributed by atoms with E-state index in [4.69, 9.17) is 0 Å². The van der Waals surface area contributed by atoms with E-state index in [2.05, 4.69) is 16.0 Å². The first-order chi connectivity index (χ1) is 7.19. The molecule has 2 rings (SSSR count). The van der Waals surface area contributed by atoms with Gasteiger partial charge >= 0.3 is 0 Å². The first kappa shape index (κ1) is 10.1. The second-order valence-electron chi connectivity index (χ2n) is 4.41. The van der Waals surface area contributed by atoms with E-state index in [-0.39, 0.29) is 11.5 Å². The molecule has 1 heterocycles. The molecule has 1 atom stereocenters. The number of nitriles is 1. The minimum Gasteiger partial charge on any atom is -0.301 e. The molecule has 0 aliphatic heterocycles. The first-order valence-electron chi connectivity index (χ1n) is 5.17. The van der Waals surface area contributed by atoms with Crippen LogP contribution in [0.1, 0.15) is 24.4 Å². The predicted molar refractivity (Wildman–Crippen MR) is 57.9 cm³/mol. The molecule has 0 bridgehead atoms. The van der Waals surface area contributed by atoms with Gasteiger partial charge in [0.15, 0.2) is 0 Å². The normalized spacial score (nSPS) is 19.6. The summed E-state index contributed by atoms with van der Waals surface area (Å²) in [6.45, 7) is 0. The maximum Gasteiger partial charge on any atom is 0.0771 e. The molecule has 1 saturated carbocycles. The van der Waals surface area contributed by atoms with Crippen LogP contribution in [0.25, 0.3) is 0 Å². The number of hydrogen-bond acceptors (Lipinski definition) is 3. The van der Waals surface area contributed by atoms with Gasteiger partial charge in [-0.15, -0.1) is 0 Å². The standard InChI is InChI=1S/C12H15N3/c1-15(2)11(12(9-13)5-6-12)10-3-7-14-8-4-10/h3-4,7-8,11H,5-6H2,1-2H3. The summed E-state index contributed by atoms with van der Waals surface area (Å²) in [6, 6.07) is 6.67. The molecule has 0 N–H and O–H groups in total. The van der Waals surface area contributed by atoms with Crippen LogP contribution < -0.4 is 0 Å². The van der Waals surface area contributed by atoms with Gasteiger partial charge in [-0.25, -0.2) is 0 Å². The van der Waals surface area contributed by atoms with E-state index in [0.29, 0.717) is 0 Å². The van der Waals surface area contributed by atoms with Gasteiger partial charge in [0.05, 0.1) is 17.5 Å². The van der Waals surface area contributed by atoms with E-state index in [0.717, 1.165) is 12.8 Å². The molecule has 15 heavy (non-hydrogen) atoms. The molecular weight excluding hydrogens is 186 g/mol. The second kappa shape index (κ2) is 3.63. The lowest BCUT2D eigenvalue weighted by atomic mass is 9.91. The largest absolute Gasteiger partial charge is 0.301 e. The third kappa shape index (κ3) is 1.73. The van der Waals surface area contributed by atoms with Crippen LogP contribution in [0.3, 0.4) is 0 Å². The van der Waals surface area contributed by atoms with Crippen LogP contribution >= 0.6 is 0 Å². The smallest absolute Gasteiger partial charge is 0.0771 e. The molecular formula is C12H15N3. The van der Waals surface area contributed by atoms with Gasteiger partial charge in [-0.2, -0.15) is 5.26 Å². The average molecular weight is 201 g/mol. The Bertz CT molecular complexity index is 374. The highest BCUT2D eigenvalue weighted by atomic mass is 15.1. The molecule has 78 valence electrons. The van der Waals surface area contributed by atoms with E-state index >= 15 is 0 Å². The molecule has 1 unspecified atom stereocenters. The van der Waals surface area contributed by atoms with Crippen LogP contribution in [0.5, 0.6) is 0 Å². The molecule has 3 nitrogen and oxygen atoms in total. The van der Waals surface area contributed by atoms with Crippen LogP contribution in [0.2, 0.25) is 0 Å². The molecule has 0 aromatic carbocycles. The van der Waals surface area contributed by atoms with Crippen molar-refractivity contribution in [3.05, 3.63) is 30.1 Å². The minimum absolute atomic E-state index is 0.162. The van der Waals surface area contributed by atoms with Crippen molar-refractivity contribution in [1.82, 2.24) is 9.88 Å². The summed E-state index contributed by atoms with van der Waals surface area (Å²) in [7, 11) is 4.06. The summed E-state index contributed by atoms with van der Waals surface area (Å²) < 4.78 is 0. The van der Waals surface area contributed by atoms with Gasteiger partial charge in [-0.05, 0) is 44.6 Å². The van der Waals surface area contributed by atoms with Crippen LogP contribution in [-0.2, 0) is 0 Å². The Hall–Kier alpha value is -1.40. The summed E-state index contributed by atoms with van der Waals surface area (Å²) in [5, 5.41) is 9.24. The van der Waals surface area contributed by atoms with Gasteiger partial charge in [0.25, 0.3) is 0 Å². The van der Waals surface area contributed by atoms with E-state index < -0.39 is 0 Å². The molecule has 1 aliphatic rings. The Labute approximate surface area is 90.4 Å². The van der Waals surface area contributed by atoms with Crippen molar-refractivity contribution in [2.24, 2.45) is 5.41 Å². The summed E-state index contributed by atoms with van der Waals surface area (Å²) in [4.78, 5) is 6.14.